The molecule has 2 aliphatic heterocycles. The molecule has 1 saturated heterocycles. The fourth-order valence-corrected chi connectivity index (χ4v) is 3.67. The summed E-state index contributed by atoms with van der Waals surface area (Å²) in [6, 6.07) is 4.89. The van der Waals surface area contributed by atoms with E-state index in [2.05, 4.69) is 26.2 Å². The van der Waals surface area contributed by atoms with E-state index in [1.54, 1.807) is 17.2 Å². The molecule has 6 nitrogen and oxygen atoms in total. The normalized spacial score (nSPS) is 24.0. The van der Waals surface area contributed by atoms with Gasteiger partial charge in [-0.15, -0.1) is 0 Å². The van der Waals surface area contributed by atoms with E-state index in [0.29, 0.717) is 6.42 Å². The smallest absolute Gasteiger partial charge is 0.249 e. The van der Waals surface area contributed by atoms with Gasteiger partial charge in [0.05, 0.1) is 11.2 Å². The number of benzene rings is 1. The molecular weight excluding hydrogens is 350 g/mol. The number of aliphatic hydroxyl groups excluding tert-OH is 1. The minimum atomic E-state index is -0.918. The van der Waals surface area contributed by atoms with Crippen molar-refractivity contribution in [2.24, 2.45) is 0 Å². The monoisotopic (exact) mass is 361 g/mol. The third-order valence-electron chi connectivity index (χ3n) is 4.22. The number of carbonyl (C=O) groups excluding carboxylic acids is 2. The molecule has 4 rings (SSSR count). The summed E-state index contributed by atoms with van der Waals surface area (Å²) in [7, 11) is 0. The summed E-state index contributed by atoms with van der Waals surface area (Å²) < 4.78 is 0.838. The zero-order chi connectivity index (χ0) is 15.4. The van der Waals surface area contributed by atoms with Crippen molar-refractivity contribution in [3.63, 3.8) is 0 Å². The molecule has 0 radical (unpaired) electrons. The molecule has 2 unspecified atom stereocenters. The minimum Gasteiger partial charge on any atom is -0.369 e. The number of piperidine rings is 1. The number of halogens is 1. The number of aromatic nitrogens is 1. The van der Waals surface area contributed by atoms with E-state index in [0.717, 1.165) is 26.6 Å². The van der Waals surface area contributed by atoms with Crippen LogP contribution in [0.3, 0.4) is 0 Å². The molecule has 22 heavy (non-hydrogen) atoms. The molecule has 2 N–H and O–H groups in total. The van der Waals surface area contributed by atoms with Crippen LogP contribution in [0.1, 0.15) is 24.6 Å². The van der Waals surface area contributed by atoms with Gasteiger partial charge in [0.15, 0.2) is 6.23 Å². The standard InChI is InChI=1S/C15H12BrN3O3/c16-8-2-1-7-12-9(5-6-17-13(8)12)19(15(7)22)10-3-4-11(20)18-14(10)21/h1-2,5-6,10,15,22H,3-4H2,(H,18,20,21). The van der Waals surface area contributed by atoms with Gasteiger partial charge in [-0.05, 0) is 34.5 Å². The molecule has 2 aliphatic rings. The summed E-state index contributed by atoms with van der Waals surface area (Å²) in [6.45, 7) is 0. The van der Waals surface area contributed by atoms with E-state index in [1.165, 1.54) is 0 Å². The Morgan fingerprint density at radius 2 is 2.14 bits per heavy atom. The van der Waals surface area contributed by atoms with Gasteiger partial charge in [0.2, 0.25) is 11.8 Å². The maximum atomic E-state index is 12.2. The maximum Gasteiger partial charge on any atom is 0.249 e. The highest BCUT2D eigenvalue weighted by molar-refractivity contribution is 9.10. The summed E-state index contributed by atoms with van der Waals surface area (Å²) in [5, 5.41) is 13.9. The van der Waals surface area contributed by atoms with Gasteiger partial charge >= 0.3 is 0 Å². The second-order valence-electron chi connectivity index (χ2n) is 5.44. The second kappa shape index (κ2) is 4.76. The van der Waals surface area contributed by atoms with Gasteiger partial charge in [0.1, 0.15) is 6.04 Å². The number of amides is 2. The minimum absolute atomic E-state index is 0.268. The largest absolute Gasteiger partial charge is 0.369 e. The Labute approximate surface area is 134 Å². The van der Waals surface area contributed by atoms with Gasteiger partial charge < -0.3 is 10.0 Å². The number of hydrogen-bond acceptors (Lipinski definition) is 5. The molecule has 7 heteroatoms. The third kappa shape index (κ3) is 1.79. The van der Waals surface area contributed by atoms with Crippen LogP contribution < -0.4 is 10.2 Å². The number of nitrogens with one attached hydrogen (secondary N) is 1. The Hall–Kier alpha value is -1.99. The van der Waals surface area contributed by atoms with E-state index in [9.17, 15) is 14.7 Å². The molecule has 1 fully saturated rings. The Kier molecular flexibility index (Phi) is 2.95. The summed E-state index contributed by atoms with van der Waals surface area (Å²) in [6.07, 6.45) is 1.40. The predicted octanol–water partition coefficient (Wildman–Crippen LogP) is 1.61. The molecule has 3 heterocycles. The van der Waals surface area contributed by atoms with Crippen molar-refractivity contribution in [1.82, 2.24) is 10.3 Å². The highest BCUT2D eigenvalue weighted by Crippen LogP contribution is 2.45. The molecule has 0 saturated carbocycles. The van der Waals surface area contributed by atoms with Crippen molar-refractivity contribution in [3.8, 4) is 0 Å². The first-order valence-corrected chi connectivity index (χ1v) is 7.74. The number of aliphatic hydroxyl groups is 1. The van der Waals surface area contributed by atoms with Crippen LogP contribution in [0.2, 0.25) is 0 Å². The number of rotatable bonds is 1. The third-order valence-corrected chi connectivity index (χ3v) is 4.86. The molecule has 112 valence electrons. The lowest BCUT2D eigenvalue weighted by atomic mass is 10.0. The fraction of sp³-hybridized carbons (Fsp3) is 0.267. The van der Waals surface area contributed by atoms with Crippen LogP contribution >= 0.6 is 15.9 Å². The first-order chi connectivity index (χ1) is 10.6. The molecule has 1 aromatic carbocycles. The van der Waals surface area contributed by atoms with Crippen molar-refractivity contribution >= 4 is 44.3 Å². The lowest BCUT2D eigenvalue weighted by molar-refractivity contribution is -0.134. The number of anilines is 1. The van der Waals surface area contributed by atoms with Crippen LogP contribution in [0.25, 0.3) is 10.9 Å². The number of hydrogen-bond donors (Lipinski definition) is 2. The summed E-state index contributed by atoms with van der Waals surface area (Å²) in [5.74, 6) is -0.637. The lowest BCUT2D eigenvalue weighted by Crippen LogP contribution is -2.52. The van der Waals surface area contributed by atoms with Crippen LogP contribution in [0.15, 0.2) is 28.9 Å². The van der Waals surface area contributed by atoms with E-state index < -0.39 is 12.3 Å². The first-order valence-electron chi connectivity index (χ1n) is 6.95. The lowest BCUT2D eigenvalue weighted by Gasteiger charge is -2.34. The molecule has 2 aromatic rings. The predicted molar refractivity (Wildman–Crippen MR) is 83.1 cm³/mol. The van der Waals surface area contributed by atoms with Crippen LogP contribution in [0, 0.1) is 0 Å². The summed E-state index contributed by atoms with van der Waals surface area (Å²) >= 11 is 3.46. The van der Waals surface area contributed by atoms with Crippen molar-refractivity contribution < 1.29 is 14.7 Å². The van der Waals surface area contributed by atoms with Crippen molar-refractivity contribution in [2.45, 2.75) is 25.1 Å². The highest BCUT2D eigenvalue weighted by Gasteiger charge is 2.40. The molecule has 0 bridgehead atoms. The van der Waals surface area contributed by atoms with Gasteiger partial charge in [-0.25, -0.2) is 0 Å². The average molecular weight is 362 g/mol. The van der Waals surface area contributed by atoms with E-state index in [-0.39, 0.29) is 18.2 Å². The van der Waals surface area contributed by atoms with Crippen LogP contribution in [0.4, 0.5) is 5.69 Å². The van der Waals surface area contributed by atoms with Crippen LogP contribution in [0.5, 0.6) is 0 Å². The molecular formula is C15H12BrN3O3. The van der Waals surface area contributed by atoms with Gasteiger partial charge in [-0.1, -0.05) is 6.07 Å². The van der Waals surface area contributed by atoms with E-state index in [4.69, 9.17) is 0 Å². The van der Waals surface area contributed by atoms with Gasteiger partial charge in [-0.3, -0.25) is 19.9 Å². The van der Waals surface area contributed by atoms with Gasteiger partial charge in [0.25, 0.3) is 0 Å². The fourth-order valence-electron chi connectivity index (χ4n) is 3.24. The zero-order valence-electron chi connectivity index (χ0n) is 11.4. The Balaban J connectivity index is 1.87. The van der Waals surface area contributed by atoms with Crippen molar-refractivity contribution in [3.05, 3.63) is 34.4 Å². The van der Waals surface area contributed by atoms with E-state index >= 15 is 0 Å². The number of nitrogens with zero attached hydrogens (tertiary/aromatic N) is 2. The maximum absolute atomic E-state index is 12.2. The molecule has 1 aromatic heterocycles. The number of carbonyl (C=O) groups is 2. The summed E-state index contributed by atoms with van der Waals surface area (Å²) in [4.78, 5) is 29.5. The molecule has 2 atom stereocenters. The quantitative estimate of drug-likeness (QED) is 0.754. The van der Waals surface area contributed by atoms with Crippen molar-refractivity contribution in [1.29, 1.82) is 0 Å². The van der Waals surface area contributed by atoms with E-state index in [1.807, 2.05) is 12.1 Å². The molecule has 0 spiro atoms. The number of imide groups is 1. The average Bonchev–Trinajstić information content (AvgIpc) is 2.77. The zero-order valence-corrected chi connectivity index (χ0v) is 13.0. The summed E-state index contributed by atoms with van der Waals surface area (Å²) in [5.41, 5.74) is 2.25. The number of pyridine rings is 1. The Bertz CT molecular complexity index is 823. The van der Waals surface area contributed by atoms with Crippen LogP contribution in [-0.4, -0.2) is 27.9 Å². The van der Waals surface area contributed by atoms with Crippen LogP contribution in [-0.2, 0) is 9.59 Å². The Morgan fingerprint density at radius 3 is 2.91 bits per heavy atom. The molecule has 2 amide bonds. The topological polar surface area (TPSA) is 82.5 Å². The SMILES string of the molecule is O=C1CCC(N2c3ccnc4c(Br)ccc(c34)C2O)C(=O)N1. The highest BCUT2D eigenvalue weighted by atomic mass is 79.9. The van der Waals surface area contributed by atoms with Gasteiger partial charge in [0, 0.05) is 28.0 Å². The van der Waals surface area contributed by atoms with Gasteiger partial charge in [-0.2, -0.15) is 0 Å². The Morgan fingerprint density at radius 1 is 1.32 bits per heavy atom. The second-order valence-corrected chi connectivity index (χ2v) is 6.29. The molecule has 0 aliphatic carbocycles. The first kappa shape index (κ1) is 13.7. The van der Waals surface area contributed by atoms with Crippen molar-refractivity contribution in [2.75, 3.05) is 4.90 Å².